The van der Waals surface area contributed by atoms with Gasteiger partial charge in [0.1, 0.15) is 0 Å². The van der Waals surface area contributed by atoms with Crippen molar-refractivity contribution in [3.63, 3.8) is 0 Å². The second kappa shape index (κ2) is 5.71. The highest BCUT2D eigenvalue weighted by atomic mass is 32.2. The average Bonchev–Trinajstić information content (AvgIpc) is 2.98. The van der Waals surface area contributed by atoms with Gasteiger partial charge in [-0.3, -0.25) is 0 Å². The van der Waals surface area contributed by atoms with E-state index >= 15 is 0 Å². The van der Waals surface area contributed by atoms with Gasteiger partial charge >= 0.3 is 0 Å². The Kier molecular flexibility index (Phi) is 3.96. The summed E-state index contributed by atoms with van der Waals surface area (Å²) in [5.74, 6) is 0.295. The summed E-state index contributed by atoms with van der Waals surface area (Å²) in [6.07, 6.45) is 2.90. The molecule has 1 fully saturated rings. The van der Waals surface area contributed by atoms with E-state index in [1.807, 2.05) is 6.07 Å². The summed E-state index contributed by atoms with van der Waals surface area (Å²) in [4.78, 5) is 0.360. The molecule has 0 aliphatic carbocycles. The summed E-state index contributed by atoms with van der Waals surface area (Å²) in [6.45, 7) is 2.80. The Labute approximate surface area is 119 Å². The largest absolute Gasteiger partial charge is 0.385 e. The zero-order chi connectivity index (χ0) is 14.0. The van der Waals surface area contributed by atoms with Crippen molar-refractivity contribution in [3.8, 4) is 0 Å². The minimum atomic E-state index is -3.41. The molecule has 1 atom stereocenters. The molecule has 2 aliphatic heterocycles. The molecule has 0 radical (unpaired) electrons. The number of ether oxygens (including phenoxy) is 1. The second-order valence-electron chi connectivity index (χ2n) is 5.43. The van der Waals surface area contributed by atoms with Gasteiger partial charge in [-0.15, -0.1) is 0 Å². The Hall–Kier alpha value is -1.11. The van der Waals surface area contributed by atoms with Crippen LogP contribution in [0.1, 0.15) is 18.4 Å². The summed E-state index contributed by atoms with van der Waals surface area (Å²) in [5.41, 5.74) is 2.14. The minimum absolute atomic E-state index is 0.295. The van der Waals surface area contributed by atoms with E-state index in [-0.39, 0.29) is 0 Å². The predicted molar refractivity (Wildman–Crippen MR) is 77.4 cm³/mol. The zero-order valence-electron chi connectivity index (χ0n) is 11.4. The lowest BCUT2D eigenvalue weighted by Crippen LogP contribution is -2.29. The van der Waals surface area contributed by atoms with Gasteiger partial charge in [-0.05, 0) is 48.9 Å². The van der Waals surface area contributed by atoms with Crippen molar-refractivity contribution in [1.82, 2.24) is 4.72 Å². The van der Waals surface area contributed by atoms with Crippen LogP contribution >= 0.6 is 0 Å². The zero-order valence-corrected chi connectivity index (χ0v) is 12.2. The van der Waals surface area contributed by atoms with Crippen LogP contribution in [0.15, 0.2) is 23.1 Å². The van der Waals surface area contributed by atoms with E-state index in [0.29, 0.717) is 24.0 Å². The van der Waals surface area contributed by atoms with E-state index in [9.17, 15) is 8.42 Å². The number of hydrogen-bond donors (Lipinski definition) is 2. The maximum absolute atomic E-state index is 12.3. The van der Waals surface area contributed by atoms with Crippen LogP contribution in [0.3, 0.4) is 0 Å². The lowest BCUT2D eigenvalue weighted by molar-refractivity contribution is 0.186. The van der Waals surface area contributed by atoms with Gasteiger partial charge in [0.05, 0.1) is 11.5 Å². The van der Waals surface area contributed by atoms with Crippen molar-refractivity contribution < 1.29 is 13.2 Å². The first-order valence-electron chi connectivity index (χ1n) is 7.09. The van der Waals surface area contributed by atoms with Gasteiger partial charge in [-0.1, -0.05) is 0 Å². The molecule has 5 nitrogen and oxygen atoms in total. The van der Waals surface area contributed by atoms with E-state index in [1.54, 1.807) is 12.1 Å². The predicted octanol–water partition coefficient (Wildman–Crippen LogP) is 1.36. The van der Waals surface area contributed by atoms with Crippen LogP contribution in [0.4, 0.5) is 5.69 Å². The molecule has 2 aliphatic rings. The van der Waals surface area contributed by atoms with Crippen LogP contribution < -0.4 is 10.0 Å². The number of fused-ring (bicyclic) bond motifs is 1. The lowest BCUT2D eigenvalue weighted by atomic mass is 10.0. The van der Waals surface area contributed by atoms with Crippen molar-refractivity contribution in [2.24, 2.45) is 5.92 Å². The van der Waals surface area contributed by atoms with Crippen molar-refractivity contribution in [2.45, 2.75) is 24.2 Å². The number of anilines is 1. The highest BCUT2D eigenvalue weighted by Gasteiger charge is 2.21. The Morgan fingerprint density at radius 3 is 3.10 bits per heavy atom. The molecule has 0 aromatic heterocycles. The number of hydrogen-bond acceptors (Lipinski definition) is 4. The molecule has 0 amide bonds. The van der Waals surface area contributed by atoms with Gasteiger partial charge in [0.25, 0.3) is 0 Å². The van der Waals surface area contributed by atoms with E-state index < -0.39 is 10.0 Å². The van der Waals surface area contributed by atoms with E-state index in [2.05, 4.69) is 10.0 Å². The highest BCUT2D eigenvalue weighted by molar-refractivity contribution is 7.89. The van der Waals surface area contributed by atoms with Crippen LogP contribution in [0.25, 0.3) is 0 Å². The monoisotopic (exact) mass is 296 g/mol. The van der Waals surface area contributed by atoms with Gasteiger partial charge in [0.2, 0.25) is 10.0 Å². The summed E-state index contributed by atoms with van der Waals surface area (Å²) < 4.78 is 32.6. The van der Waals surface area contributed by atoms with Gasteiger partial charge < -0.3 is 10.1 Å². The van der Waals surface area contributed by atoms with Gasteiger partial charge in [0, 0.05) is 25.4 Å². The molecule has 0 bridgehead atoms. The van der Waals surface area contributed by atoms with Crippen LogP contribution in [-0.4, -0.2) is 34.7 Å². The Bertz CT molecular complexity index is 580. The average molecular weight is 296 g/mol. The smallest absolute Gasteiger partial charge is 0.240 e. The van der Waals surface area contributed by atoms with Crippen molar-refractivity contribution in [1.29, 1.82) is 0 Å². The molecule has 2 heterocycles. The highest BCUT2D eigenvalue weighted by Crippen LogP contribution is 2.25. The van der Waals surface area contributed by atoms with E-state index in [4.69, 9.17) is 4.74 Å². The SMILES string of the molecule is O=S(=O)(NCC1CCOC1)c1ccc2c(c1)CCCN2. The van der Waals surface area contributed by atoms with E-state index in [0.717, 1.165) is 43.7 Å². The van der Waals surface area contributed by atoms with Crippen LogP contribution in [-0.2, 0) is 21.2 Å². The number of sulfonamides is 1. The molecule has 2 N–H and O–H groups in total. The van der Waals surface area contributed by atoms with Crippen LogP contribution in [0, 0.1) is 5.92 Å². The second-order valence-corrected chi connectivity index (χ2v) is 7.20. The van der Waals surface area contributed by atoms with Crippen molar-refractivity contribution in [3.05, 3.63) is 23.8 Å². The third-order valence-corrected chi connectivity index (χ3v) is 5.33. The van der Waals surface area contributed by atoms with Crippen molar-refractivity contribution in [2.75, 3.05) is 31.6 Å². The Balaban J connectivity index is 1.73. The maximum atomic E-state index is 12.3. The fourth-order valence-electron chi connectivity index (χ4n) is 2.67. The third kappa shape index (κ3) is 2.97. The van der Waals surface area contributed by atoms with Gasteiger partial charge in [-0.25, -0.2) is 13.1 Å². The lowest BCUT2D eigenvalue weighted by Gasteiger charge is -2.19. The van der Waals surface area contributed by atoms with Crippen LogP contribution in [0.2, 0.25) is 0 Å². The number of benzene rings is 1. The molecule has 1 aromatic rings. The minimum Gasteiger partial charge on any atom is -0.385 e. The topological polar surface area (TPSA) is 67.4 Å². The van der Waals surface area contributed by atoms with Crippen LogP contribution in [0.5, 0.6) is 0 Å². The van der Waals surface area contributed by atoms with Crippen molar-refractivity contribution >= 4 is 15.7 Å². The number of nitrogens with one attached hydrogen (secondary N) is 2. The summed E-state index contributed by atoms with van der Waals surface area (Å²) >= 11 is 0. The fourth-order valence-corrected chi connectivity index (χ4v) is 3.84. The van der Waals surface area contributed by atoms with E-state index in [1.165, 1.54) is 0 Å². The summed E-state index contributed by atoms with van der Waals surface area (Å²) in [6, 6.07) is 5.32. The number of aryl methyl sites for hydroxylation is 1. The molecule has 110 valence electrons. The maximum Gasteiger partial charge on any atom is 0.240 e. The first-order chi connectivity index (χ1) is 9.65. The molecule has 0 saturated carbocycles. The summed E-state index contributed by atoms with van der Waals surface area (Å²) in [5, 5.41) is 3.29. The molecule has 0 spiro atoms. The Morgan fingerprint density at radius 1 is 1.40 bits per heavy atom. The number of rotatable bonds is 4. The quantitative estimate of drug-likeness (QED) is 0.880. The molecule has 3 rings (SSSR count). The molecule has 20 heavy (non-hydrogen) atoms. The van der Waals surface area contributed by atoms with Gasteiger partial charge in [-0.2, -0.15) is 0 Å². The summed E-state index contributed by atoms with van der Waals surface area (Å²) in [7, 11) is -3.41. The molecule has 1 saturated heterocycles. The first-order valence-corrected chi connectivity index (χ1v) is 8.58. The normalized spacial score (nSPS) is 22.3. The molecular formula is C14H20N2O3S. The molecule has 1 unspecified atom stereocenters. The molecule has 1 aromatic carbocycles. The molecular weight excluding hydrogens is 276 g/mol. The first kappa shape index (κ1) is 13.9. The standard InChI is InChI=1S/C14H20N2O3S/c17-20(18,16-9-11-5-7-19-10-11)13-3-4-14-12(8-13)2-1-6-15-14/h3-4,8,11,15-16H,1-2,5-7,9-10H2. The molecule has 6 heteroatoms. The van der Waals surface area contributed by atoms with Gasteiger partial charge in [0.15, 0.2) is 0 Å². The Morgan fingerprint density at radius 2 is 2.30 bits per heavy atom. The third-order valence-electron chi connectivity index (χ3n) is 3.91. The fraction of sp³-hybridized carbons (Fsp3) is 0.571.